The van der Waals surface area contributed by atoms with Crippen LogP contribution in [-0.4, -0.2) is 17.6 Å². The number of carbonyl (C=O) groups is 3. The fraction of sp³-hybridized carbons (Fsp3) is 0.632. The second-order valence-corrected chi connectivity index (χ2v) is 7.74. The summed E-state index contributed by atoms with van der Waals surface area (Å²) in [6, 6.07) is 0. The lowest BCUT2D eigenvalue weighted by Gasteiger charge is -2.51. The topological polar surface area (TPSA) is 89.3 Å². The largest absolute Gasteiger partial charge is 0.370 e. The lowest BCUT2D eigenvalue weighted by molar-refractivity contribution is -0.128. The normalized spacial score (nSPS) is 35.8. The van der Waals surface area contributed by atoms with Gasteiger partial charge < -0.3 is 11.1 Å². The Bertz CT molecular complexity index is 649. The van der Waals surface area contributed by atoms with E-state index in [-0.39, 0.29) is 40.8 Å². The van der Waals surface area contributed by atoms with Crippen molar-refractivity contribution < 1.29 is 14.4 Å². The fourth-order valence-corrected chi connectivity index (χ4v) is 5.07. The van der Waals surface area contributed by atoms with Gasteiger partial charge in [0.1, 0.15) is 0 Å². The Kier molecular flexibility index (Phi) is 4.37. The molecular weight excluding hydrogens is 304 g/mol. The molecule has 0 bridgehead atoms. The van der Waals surface area contributed by atoms with Crippen molar-refractivity contribution in [1.82, 2.24) is 5.32 Å². The van der Waals surface area contributed by atoms with E-state index in [1.165, 1.54) is 5.57 Å². The molecule has 0 aromatic heterocycles. The predicted molar refractivity (Wildman–Crippen MR) is 90.5 cm³/mol. The van der Waals surface area contributed by atoms with Crippen LogP contribution in [0.4, 0.5) is 0 Å². The summed E-state index contributed by atoms with van der Waals surface area (Å²) in [7, 11) is 0. The minimum absolute atomic E-state index is 0.0231. The Hall–Kier alpha value is -1.91. The van der Waals surface area contributed by atoms with Crippen molar-refractivity contribution in [3.05, 3.63) is 23.4 Å². The van der Waals surface area contributed by atoms with Crippen LogP contribution in [0.2, 0.25) is 0 Å². The Morgan fingerprint density at radius 3 is 2.83 bits per heavy atom. The number of nitrogens with two attached hydrogens (primary N) is 1. The van der Waals surface area contributed by atoms with Crippen molar-refractivity contribution in [1.29, 1.82) is 0 Å². The van der Waals surface area contributed by atoms with Gasteiger partial charge in [0.25, 0.3) is 0 Å². The van der Waals surface area contributed by atoms with Crippen LogP contribution in [0.3, 0.4) is 0 Å². The predicted octanol–water partition coefficient (Wildman–Crippen LogP) is 2.22. The molecule has 0 aromatic rings. The van der Waals surface area contributed by atoms with Gasteiger partial charge in [-0.05, 0) is 56.1 Å². The van der Waals surface area contributed by atoms with E-state index < -0.39 is 0 Å². The summed E-state index contributed by atoms with van der Waals surface area (Å²) >= 11 is 0. The molecule has 1 aliphatic heterocycles. The van der Waals surface area contributed by atoms with Crippen LogP contribution >= 0.6 is 0 Å². The van der Waals surface area contributed by atoms with Crippen LogP contribution < -0.4 is 11.1 Å². The lowest BCUT2D eigenvalue weighted by Crippen LogP contribution is -2.48. The van der Waals surface area contributed by atoms with Crippen LogP contribution in [0, 0.1) is 23.2 Å². The monoisotopic (exact) mass is 330 g/mol. The molecule has 3 N–H and O–H groups in total. The minimum Gasteiger partial charge on any atom is -0.370 e. The average Bonchev–Trinajstić information content (AvgIpc) is 2.65. The van der Waals surface area contributed by atoms with Crippen molar-refractivity contribution >= 4 is 17.6 Å². The number of rotatable bonds is 3. The molecule has 0 spiro atoms. The molecule has 1 saturated carbocycles. The van der Waals surface area contributed by atoms with E-state index in [2.05, 4.69) is 12.2 Å². The maximum absolute atomic E-state index is 12.9. The van der Waals surface area contributed by atoms with E-state index in [4.69, 9.17) is 5.73 Å². The van der Waals surface area contributed by atoms with Crippen molar-refractivity contribution in [2.45, 2.75) is 52.4 Å². The zero-order valence-corrected chi connectivity index (χ0v) is 14.4. The van der Waals surface area contributed by atoms with Gasteiger partial charge in [0.15, 0.2) is 5.78 Å². The number of ketones is 1. The highest BCUT2D eigenvalue weighted by atomic mass is 16.2. The fourth-order valence-electron chi connectivity index (χ4n) is 5.07. The van der Waals surface area contributed by atoms with Gasteiger partial charge >= 0.3 is 0 Å². The third-order valence-electron chi connectivity index (χ3n) is 6.35. The molecule has 0 aromatic carbocycles. The first-order valence-electron chi connectivity index (χ1n) is 8.82. The van der Waals surface area contributed by atoms with Gasteiger partial charge in [0, 0.05) is 30.4 Å². The molecule has 0 unspecified atom stereocenters. The van der Waals surface area contributed by atoms with E-state index in [1.54, 1.807) is 6.08 Å². The summed E-state index contributed by atoms with van der Waals surface area (Å²) in [6.45, 7) is 4.12. The van der Waals surface area contributed by atoms with Gasteiger partial charge in [0.2, 0.25) is 11.8 Å². The molecule has 5 nitrogen and oxygen atoms in total. The summed E-state index contributed by atoms with van der Waals surface area (Å²) in [6.07, 6.45) is 7.62. The number of hydrogen-bond donors (Lipinski definition) is 2. The first-order valence-corrected chi connectivity index (χ1v) is 8.82. The lowest BCUT2D eigenvalue weighted by atomic mass is 9.52. The van der Waals surface area contributed by atoms with Crippen molar-refractivity contribution in [2.75, 3.05) is 0 Å². The molecule has 130 valence electrons. The average molecular weight is 330 g/mol. The molecule has 1 heterocycles. The van der Waals surface area contributed by atoms with Crippen LogP contribution in [0.15, 0.2) is 23.4 Å². The molecule has 3 aliphatic rings. The molecule has 3 rings (SSSR count). The van der Waals surface area contributed by atoms with E-state index in [0.29, 0.717) is 25.7 Å². The van der Waals surface area contributed by atoms with Gasteiger partial charge in [-0.25, -0.2) is 0 Å². The second kappa shape index (κ2) is 6.19. The highest BCUT2D eigenvalue weighted by molar-refractivity contribution is 5.95. The number of allylic oxidation sites excluding steroid dienone is 3. The van der Waals surface area contributed by atoms with E-state index in [0.717, 1.165) is 18.4 Å². The number of hydrogen-bond acceptors (Lipinski definition) is 3. The third kappa shape index (κ3) is 2.80. The molecular formula is C19H26N2O3. The van der Waals surface area contributed by atoms with E-state index in [1.807, 2.05) is 13.1 Å². The highest BCUT2D eigenvalue weighted by Crippen LogP contribution is 2.56. The minimum atomic E-state index is -0.289. The summed E-state index contributed by atoms with van der Waals surface area (Å²) in [5.74, 6) is 0.266. The Morgan fingerprint density at radius 2 is 2.12 bits per heavy atom. The van der Waals surface area contributed by atoms with Crippen molar-refractivity contribution in [2.24, 2.45) is 28.9 Å². The molecule has 5 heteroatoms. The van der Waals surface area contributed by atoms with Crippen LogP contribution in [-0.2, 0) is 14.4 Å². The summed E-state index contributed by atoms with van der Waals surface area (Å²) in [5, 5.41) is 2.85. The Morgan fingerprint density at radius 1 is 1.38 bits per heavy atom. The van der Waals surface area contributed by atoms with Gasteiger partial charge in [-0.2, -0.15) is 0 Å². The third-order valence-corrected chi connectivity index (χ3v) is 6.35. The van der Waals surface area contributed by atoms with Gasteiger partial charge in [0.05, 0.1) is 0 Å². The van der Waals surface area contributed by atoms with Crippen LogP contribution in [0.1, 0.15) is 52.4 Å². The SMILES string of the molecule is CC1=CC(=O)[C@H]2[C@@H](CCC3=CNC(=O)CC[C@@]32C)[C@@H]1CCC(N)=O. The summed E-state index contributed by atoms with van der Waals surface area (Å²) in [5.41, 5.74) is 7.32. The number of primary amides is 1. The molecule has 2 aliphatic carbocycles. The molecule has 4 atom stereocenters. The van der Waals surface area contributed by atoms with Crippen molar-refractivity contribution in [3.63, 3.8) is 0 Å². The zero-order valence-electron chi connectivity index (χ0n) is 14.4. The van der Waals surface area contributed by atoms with E-state index in [9.17, 15) is 14.4 Å². The van der Waals surface area contributed by atoms with Crippen LogP contribution in [0.25, 0.3) is 0 Å². The zero-order chi connectivity index (χ0) is 17.5. The van der Waals surface area contributed by atoms with Crippen LogP contribution in [0.5, 0.6) is 0 Å². The first kappa shape index (κ1) is 16.9. The first-order chi connectivity index (χ1) is 11.3. The maximum atomic E-state index is 12.9. The smallest absolute Gasteiger partial charge is 0.223 e. The molecule has 1 fully saturated rings. The number of amides is 2. The maximum Gasteiger partial charge on any atom is 0.223 e. The summed E-state index contributed by atoms with van der Waals surface area (Å²) in [4.78, 5) is 35.9. The standard InChI is InChI=1S/C19H26N2O3/c1-11-9-15(22)18-14(13(11)5-6-16(20)23)4-3-12-10-21-17(24)7-8-19(12,18)2/h9-10,13-14,18H,3-8H2,1-2H3,(H2,20,23)(H,21,24)/t13-,14+,18-,19+/m1/s1. The molecule has 2 amide bonds. The number of nitrogens with one attached hydrogen (secondary N) is 1. The quantitative estimate of drug-likeness (QED) is 0.831. The molecule has 0 radical (unpaired) electrons. The van der Waals surface area contributed by atoms with Crippen molar-refractivity contribution in [3.8, 4) is 0 Å². The second-order valence-electron chi connectivity index (χ2n) is 7.74. The number of carbonyl (C=O) groups excluding carboxylic acids is 3. The highest BCUT2D eigenvalue weighted by Gasteiger charge is 2.52. The molecule has 24 heavy (non-hydrogen) atoms. The molecule has 0 saturated heterocycles. The van der Waals surface area contributed by atoms with Gasteiger partial charge in [-0.1, -0.05) is 12.5 Å². The summed E-state index contributed by atoms with van der Waals surface area (Å²) < 4.78 is 0. The van der Waals surface area contributed by atoms with Gasteiger partial charge in [-0.3, -0.25) is 14.4 Å². The Labute approximate surface area is 142 Å². The Balaban J connectivity index is 1.95. The van der Waals surface area contributed by atoms with Gasteiger partial charge in [-0.15, -0.1) is 0 Å². The van der Waals surface area contributed by atoms with E-state index >= 15 is 0 Å². The number of fused-ring (bicyclic) bond motifs is 3.